The monoisotopic (exact) mass is 402 g/mol. The van der Waals surface area contributed by atoms with Crippen molar-refractivity contribution in [2.45, 2.75) is 18.7 Å². The predicted molar refractivity (Wildman–Crippen MR) is 118 cm³/mol. The summed E-state index contributed by atoms with van der Waals surface area (Å²) in [7, 11) is 0. The second kappa shape index (κ2) is 9.76. The minimum atomic E-state index is -0.386. The van der Waals surface area contributed by atoms with Gasteiger partial charge in [0.1, 0.15) is 11.6 Å². The molecule has 1 amide bonds. The van der Waals surface area contributed by atoms with E-state index < -0.39 is 0 Å². The normalized spacial score (nSPS) is 11.1. The molecule has 146 valence electrons. The molecule has 0 aliphatic carbocycles. The van der Waals surface area contributed by atoms with E-state index >= 15 is 0 Å². The summed E-state index contributed by atoms with van der Waals surface area (Å²) in [5.41, 5.74) is 3.33. The Morgan fingerprint density at radius 1 is 1.17 bits per heavy atom. The first-order valence-electron chi connectivity index (χ1n) is 9.44. The van der Waals surface area contributed by atoms with Crippen LogP contribution in [0, 0.1) is 11.3 Å². The van der Waals surface area contributed by atoms with Gasteiger partial charge in [-0.05, 0) is 43.0 Å². The van der Waals surface area contributed by atoms with Gasteiger partial charge in [-0.1, -0.05) is 37.3 Å². The molecule has 0 saturated heterocycles. The minimum absolute atomic E-state index is 0.0545. The van der Waals surface area contributed by atoms with Crippen molar-refractivity contribution >= 4 is 23.7 Å². The molecule has 0 fully saturated rings. The number of carbonyl (C=O) groups excluding carboxylic acids is 1. The molecule has 0 unspecified atom stereocenters. The lowest BCUT2D eigenvalue weighted by atomic mass is 10.1. The van der Waals surface area contributed by atoms with Crippen LogP contribution in [0.25, 0.3) is 23.0 Å². The van der Waals surface area contributed by atoms with Crippen molar-refractivity contribution < 1.29 is 4.79 Å². The van der Waals surface area contributed by atoms with E-state index in [4.69, 9.17) is 5.10 Å². The summed E-state index contributed by atoms with van der Waals surface area (Å²) in [6, 6.07) is 19.9. The Balaban J connectivity index is 2.09. The van der Waals surface area contributed by atoms with Gasteiger partial charge >= 0.3 is 0 Å². The van der Waals surface area contributed by atoms with Crippen molar-refractivity contribution in [3.05, 3.63) is 71.9 Å². The zero-order valence-electron chi connectivity index (χ0n) is 16.4. The van der Waals surface area contributed by atoms with Gasteiger partial charge in [0.15, 0.2) is 0 Å². The molecule has 0 saturated carbocycles. The maximum Gasteiger partial charge on any atom is 0.261 e. The first kappa shape index (κ1) is 20.4. The van der Waals surface area contributed by atoms with Crippen molar-refractivity contribution in [3.63, 3.8) is 0 Å². The number of nitrogens with zero attached hydrogens (tertiary/aromatic N) is 3. The number of carbonyl (C=O) groups is 1. The van der Waals surface area contributed by atoms with Crippen LogP contribution in [-0.2, 0) is 4.79 Å². The number of aromatic nitrogens is 2. The molecule has 1 aromatic heterocycles. The van der Waals surface area contributed by atoms with Crippen molar-refractivity contribution in [3.8, 4) is 23.0 Å². The van der Waals surface area contributed by atoms with Crippen molar-refractivity contribution in [2.24, 2.45) is 0 Å². The van der Waals surface area contributed by atoms with Crippen LogP contribution in [0.3, 0.4) is 0 Å². The fraction of sp³-hybridized carbons (Fsp3) is 0.174. The molecule has 0 radical (unpaired) electrons. The number of amides is 1. The van der Waals surface area contributed by atoms with E-state index in [1.54, 1.807) is 22.5 Å². The minimum Gasteiger partial charge on any atom is -0.352 e. The summed E-state index contributed by atoms with van der Waals surface area (Å²) in [6.45, 7) is 4.40. The average Bonchev–Trinajstić information content (AvgIpc) is 3.17. The Bertz CT molecular complexity index is 1050. The lowest BCUT2D eigenvalue weighted by Gasteiger charge is -2.03. The predicted octanol–water partition coefficient (Wildman–Crippen LogP) is 4.69. The van der Waals surface area contributed by atoms with E-state index in [0.717, 1.165) is 22.7 Å². The highest BCUT2D eigenvalue weighted by molar-refractivity contribution is 7.99. The Kier molecular flexibility index (Phi) is 6.88. The van der Waals surface area contributed by atoms with E-state index in [0.29, 0.717) is 12.1 Å². The van der Waals surface area contributed by atoms with Gasteiger partial charge in [-0.25, -0.2) is 4.68 Å². The van der Waals surface area contributed by atoms with Gasteiger partial charge in [0.05, 0.1) is 11.4 Å². The molecule has 0 atom stereocenters. The lowest BCUT2D eigenvalue weighted by molar-refractivity contribution is -0.116. The second-order valence-corrected chi connectivity index (χ2v) is 7.54. The first-order chi connectivity index (χ1) is 14.2. The fourth-order valence-electron chi connectivity index (χ4n) is 2.87. The SMILES string of the molecule is CCNC(=O)/C(C#N)=C\c1cn(-c2ccccc2)nc1-c1ccc(SCC)cc1. The van der Waals surface area contributed by atoms with Crippen LogP contribution >= 0.6 is 11.8 Å². The Hall–Kier alpha value is -3.30. The number of benzene rings is 2. The van der Waals surface area contributed by atoms with Crippen LogP contribution in [0.15, 0.2) is 71.3 Å². The van der Waals surface area contributed by atoms with Gasteiger partial charge in [-0.3, -0.25) is 4.79 Å². The van der Waals surface area contributed by atoms with E-state index in [1.165, 1.54) is 4.90 Å². The Morgan fingerprint density at radius 3 is 2.52 bits per heavy atom. The zero-order valence-corrected chi connectivity index (χ0v) is 17.2. The highest BCUT2D eigenvalue weighted by atomic mass is 32.2. The van der Waals surface area contributed by atoms with E-state index in [-0.39, 0.29) is 11.5 Å². The van der Waals surface area contributed by atoms with Crippen molar-refractivity contribution in [1.29, 1.82) is 5.26 Å². The third kappa shape index (κ3) is 4.95. The molecule has 6 heteroatoms. The molecule has 0 aliphatic heterocycles. The summed E-state index contributed by atoms with van der Waals surface area (Å²) < 4.78 is 1.77. The summed E-state index contributed by atoms with van der Waals surface area (Å²) in [6.07, 6.45) is 3.44. The largest absolute Gasteiger partial charge is 0.352 e. The second-order valence-electron chi connectivity index (χ2n) is 6.20. The third-order valence-corrected chi connectivity index (χ3v) is 5.10. The number of hydrogen-bond donors (Lipinski definition) is 1. The van der Waals surface area contributed by atoms with Gasteiger partial charge in [0.25, 0.3) is 5.91 Å². The van der Waals surface area contributed by atoms with E-state index in [9.17, 15) is 10.1 Å². The van der Waals surface area contributed by atoms with Crippen LogP contribution in [0.4, 0.5) is 0 Å². The summed E-state index contributed by atoms with van der Waals surface area (Å²) in [4.78, 5) is 13.4. The van der Waals surface area contributed by atoms with Crippen molar-refractivity contribution in [2.75, 3.05) is 12.3 Å². The molecule has 29 heavy (non-hydrogen) atoms. The van der Waals surface area contributed by atoms with E-state index in [1.807, 2.05) is 61.7 Å². The number of nitrogens with one attached hydrogen (secondary N) is 1. The summed E-state index contributed by atoms with van der Waals surface area (Å²) in [5, 5.41) is 16.9. The molecule has 2 aromatic carbocycles. The molecule has 1 N–H and O–H groups in total. The molecule has 5 nitrogen and oxygen atoms in total. The Morgan fingerprint density at radius 2 is 1.90 bits per heavy atom. The number of hydrogen-bond acceptors (Lipinski definition) is 4. The molecular formula is C23H22N4OS. The molecule has 1 heterocycles. The summed E-state index contributed by atoms with van der Waals surface area (Å²) in [5.74, 6) is 0.622. The maximum absolute atomic E-state index is 12.2. The molecular weight excluding hydrogens is 380 g/mol. The van der Waals surface area contributed by atoms with E-state index in [2.05, 4.69) is 24.4 Å². The van der Waals surface area contributed by atoms with Gasteiger partial charge < -0.3 is 5.32 Å². The number of para-hydroxylation sites is 1. The first-order valence-corrected chi connectivity index (χ1v) is 10.4. The van der Waals surface area contributed by atoms with Crippen molar-refractivity contribution in [1.82, 2.24) is 15.1 Å². The molecule has 0 aliphatic rings. The summed E-state index contributed by atoms with van der Waals surface area (Å²) >= 11 is 1.78. The van der Waals surface area contributed by atoms with Gasteiger partial charge in [0, 0.05) is 28.8 Å². The van der Waals surface area contributed by atoms with Gasteiger partial charge in [-0.2, -0.15) is 10.4 Å². The number of nitriles is 1. The number of likely N-dealkylation sites (N-methyl/N-ethyl adjacent to an activating group) is 1. The average molecular weight is 403 g/mol. The van der Waals surface area contributed by atoms with Gasteiger partial charge in [-0.15, -0.1) is 11.8 Å². The Labute approximate surface area is 175 Å². The lowest BCUT2D eigenvalue weighted by Crippen LogP contribution is -2.23. The molecule has 0 spiro atoms. The molecule has 0 bridgehead atoms. The number of rotatable bonds is 7. The highest BCUT2D eigenvalue weighted by Crippen LogP contribution is 2.28. The third-order valence-electron chi connectivity index (χ3n) is 4.20. The fourth-order valence-corrected chi connectivity index (χ4v) is 3.53. The quantitative estimate of drug-likeness (QED) is 0.353. The highest BCUT2D eigenvalue weighted by Gasteiger charge is 2.14. The van der Waals surface area contributed by atoms with Crippen LogP contribution in [0.1, 0.15) is 19.4 Å². The van der Waals surface area contributed by atoms with Crippen LogP contribution in [0.2, 0.25) is 0 Å². The smallest absolute Gasteiger partial charge is 0.261 e. The topological polar surface area (TPSA) is 70.7 Å². The molecule has 3 aromatic rings. The standard InChI is InChI=1S/C23H22N4OS/c1-3-25-23(28)18(15-24)14-19-16-27(20-8-6-5-7-9-20)26-22(19)17-10-12-21(13-11-17)29-4-2/h5-14,16H,3-4H2,1-2H3,(H,25,28)/b18-14-. The maximum atomic E-state index is 12.2. The molecule has 3 rings (SSSR count). The van der Waals surface area contributed by atoms with Crippen LogP contribution in [-0.4, -0.2) is 28.0 Å². The zero-order chi connectivity index (χ0) is 20.6. The van der Waals surface area contributed by atoms with Gasteiger partial charge in [0.2, 0.25) is 0 Å². The number of thioether (sulfide) groups is 1. The van der Waals surface area contributed by atoms with Crippen LogP contribution < -0.4 is 5.32 Å². The van der Waals surface area contributed by atoms with Crippen LogP contribution in [0.5, 0.6) is 0 Å².